The maximum Gasteiger partial charge on any atom is 0.143 e. The Morgan fingerprint density at radius 1 is 1.19 bits per heavy atom. The van der Waals surface area contributed by atoms with Crippen molar-refractivity contribution in [2.45, 2.75) is 6.54 Å². The summed E-state index contributed by atoms with van der Waals surface area (Å²) in [6, 6.07) is 12.6. The highest BCUT2D eigenvalue weighted by molar-refractivity contribution is 6.31. The van der Waals surface area contributed by atoms with E-state index < -0.39 is 5.82 Å². The van der Waals surface area contributed by atoms with E-state index in [4.69, 9.17) is 17.3 Å². The molecular weight excluding hydrogens is 289 g/mol. The van der Waals surface area contributed by atoms with Gasteiger partial charge in [0.25, 0.3) is 0 Å². The summed E-state index contributed by atoms with van der Waals surface area (Å²) in [6.45, 7) is 0.528. The van der Waals surface area contributed by atoms with Crippen molar-refractivity contribution in [3.05, 3.63) is 65.1 Å². The molecule has 0 saturated heterocycles. The minimum Gasteiger partial charge on any atom is -0.397 e. The predicted octanol–water partition coefficient (Wildman–Crippen LogP) is 4.22. The standard InChI is InChI=1S/C16H13ClFN3/c17-12-7-15(14(19)8-13(12)18)21-9-11-4-1-3-10-5-2-6-20-16(10)11/h1-8,21H,9,19H2. The Bertz CT molecular complexity index is 799. The third-order valence-electron chi connectivity index (χ3n) is 3.28. The van der Waals surface area contributed by atoms with Crippen LogP contribution in [0.4, 0.5) is 15.8 Å². The Labute approximate surface area is 126 Å². The number of fused-ring (bicyclic) bond motifs is 1. The molecule has 3 aromatic rings. The number of nitrogen functional groups attached to an aromatic ring is 1. The summed E-state index contributed by atoms with van der Waals surface area (Å²) in [6.07, 6.45) is 1.76. The van der Waals surface area contributed by atoms with E-state index in [2.05, 4.69) is 10.3 Å². The fraction of sp³-hybridized carbons (Fsp3) is 0.0625. The highest BCUT2D eigenvalue weighted by Gasteiger charge is 2.07. The molecule has 0 atom stereocenters. The van der Waals surface area contributed by atoms with Crippen LogP contribution < -0.4 is 11.1 Å². The van der Waals surface area contributed by atoms with Gasteiger partial charge in [0.15, 0.2) is 0 Å². The number of nitrogens with zero attached hydrogens (tertiary/aromatic N) is 1. The maximum atomic E-state index is 13.3. The van der Waals surface area contributed by atoms with Crippen LogP contribution >= 0.6 is 11.6 Å². The molecular formula is C16H13ClFN3. The molecule has 106 valence electrons. The number of hydrogen-bond donors (Lipinski definition) is 2. The largest absolute Gasteiger partial charge is 0.397 e. The van der Waals surface area contributed by atoms with Gasteiger partial charge in [0, 0.05) is 24.2 Å². The zero-order valence-corrected chi connectivity index (χ0v) is 11.9. The van der Waals surface area contributed by atoms with Gasteiger partial charge in [-0.15, -0.1) is 0 Å². The van der Waals surface area contributed by atoms with E-state index >= 15 is 0 Å². The first kappa shape index (κ1) is 13.6. The topological polar surface area (TPSA) is 50.9 Å². The number of nitrogens with one attached hydrogen (secondary N) is 1. The van der Waals surface area contributed by atoms with Crippen molar-refractivity contribution in [1.29, 1.82) is 0 Å². The van der Waals surface area contributed by atoms with Gasteiger partial charge in [-0.3, -0.25) is 4.98 Å². The molecule has 5 heteroatoms. The number of hydrogen-bond acceptors (Lipinski definition) is 3. The first-order chi connectivity index (χ1) is 10.1. The van der Waals surface area contributed by atoms with Gasteiger partial charge in [-0.1, -0.05) is 35.9 Å². The molecule has 3 rings (SSSR count). The van der Waals surface area contributed by atoms with Gasteiger partial charge >= 0.3 is 0 Å². The van der Waals surface area contributed by atoms with Gasteiger partial charge in [-0.25, -0.2) is 4.39 Å². The molecule has 2 aromatic carbocycles. The normalized spacial score (nSPS) is 10.8. The minimum atomic E-state index is -0.522. The van der Waals surface area contributed by atoms with Crippen LogP contribution in [-0.2, 0) is 6.54 Å². The third-order valence-corrected chi connectivity index (χ3v) is 3.57. The van der Waals surface area contributed by atoms with Crippen LogP contribution in [0, 0.1) is 5.82 Å². The van der Waals surface area contributed by atoms with Crippen LogP contribution in [0.3, 0.4) is 0 Å². The molecule has 3 nitrogen and oxygen atoms in total. The van der Waals surface area contributed by atoms with Crippen molar-refractivity contribution in [2.24, 2.45) is 0 Å². The monoisotopic (exact) mass is 301 g/mol. The number of benzene rings is 2. The second-order valence-electron chi connectivity index (χ2n) is 4.70. The molecule has 0 saturated carbocycles. The molecule has 0 aliphatic carbocycles. The van der Waals surface area contributed by atoms with Crippen LogP contribution in [-0.4, -0.2) is 4.98 Å². The lowest BCUT2D eigenvalue weighted by molar-refractivity contribution is 0.629. The van der Waals surface area contributed by atoms with Crippen molar-refractivity contribution in [2.75, 3.05) is 11.1 Å². The predicted molar refractivity (Wildman–Crippen MR) is 84.9 cm³/mol. The fourth-order valence-corrected chi connectivity index (χ4v) is 2.38. The molecule has 3 N–H and O–H groups in total. The van der Waals surface area contributed by atoms with Crippen molar-refractivity contribution in [3.63, 3.8) is 0 Å². The molecule has 0 radical (unpaired) electrons. The molecule has 21 heavy (non-hydrogen) atoms. The summed E-state index contributed by atoms with van der Waals surface area (Å²) >= 11 is 5.78. The molecule has 1 heterocycles. The summed E-state index contributed by atoms with van der Waals surface area (Å²) in [5.41, 5.74) is 8.69. The lowest BCUT2D eigenvalue weighted by Gasteiger charge is -2.11. The van der Waals surface area contributed by atoms with Crippen molar-refractivity contribution >= 4 is 33.9 Å². The third kappa shape index (κ3) is 2.76. The number of anilines is 2. The average molecular weight is 302 g/mol. The number of aromatic nitrogens is 1. The average Bonchev–Trinajstić information content (AvgIpc) is 2.49. The summed E-state index contributed by atoms with van der Waals surface area (Å²) in [4.78, 5) is 4.39. The van der Waals surface area contributed by atoms with Gasteiger partial charge in [-0.2, -0.15) is 0 Å². The Morgan fingerprint density at radius 3 is 2.86 bits per heavy atom. The maximum absolute atomic E-state index is 13.3. The Hall–Kier alpha value is -2.33. The van der Waals surface area contributed by atoms with Crippen molar-refractivity contribution in [3.8, 4) is 0 Å². The van der Waals surface area contributed by atoms with Gasteiger partial charge in [0.05, 0.1) is 21.9 Å². The zero-order chi connectivity index (χ0) is 14.8. The van der Waals surface area contributed by atoms with Crippen molar-refractivity contribution < 1.29 is 4.39 Å². The van der Waals surface area contributed by atoms with Crippen LogP contribution in [0.1, 0.15) is 5.56 Å². The van der Waals surface area contributed by atoms with Gasteiger partial charge in [0.2, 0.25) is 0 Å². The Morgan fingerprint density at radius 2 is 2.00 bits per heavy atom. The minimum absolute atomic E-state index is 0.0442. The number of para-hydroxylation sites is 1. The molecule has 0 unspecified atom stereocenters. The lowest BCUT2D eigenvalue weighted by Crippen LogP contribution is -2.04. The molecule has 0 amide bonds. The molecule has 0 aliphatic heterocycles. The second kappa shape index (κ2) is 5.58. The summed E-state index contributed by atoms with van der Waals surface area (Å²) in [5, 5.41) is 4.29. The number of rotatable bonds is 3. The van der Waals surface area contributed by atoms with E-state index in [1.165, 1.54) is 12.1 Å². The lowest BCUT2D eigenvalue weighted by atomic mass is 10.1. The first-order valence-electron chi connectivity index (χ1n) is 6.46. The van der Waals surface area contributed by atoms with Crippen LogP contribution in [0.15, 0.2) is 48.7 Å². The summed E-state index contributed by atoms with van der Waals surface area (Å²) in [5.74, 6) is -0.522. The highest BCUT2D eigenvalue weighted by atomic mass is 35.5. The fourth-order valence-electron chi connectivity index (χ4n) is 2.22. The van der Waals surface area contributed by atoms with Gasteiger partial charge < -0.3 is 11.1 Å². The smallest absolute Gasteiger partial charge is 0.143 e. The number of halogens is 2. The second-order valence-corrected chi connectivity index (χ2v) is 5.11. The zero-order valence-electron chi connectivity index (χ0n) is 11.1. The van der Waals surface area contributed by atoms with Crippen LogP contribution in [0.2, 0.25) is 5.02 Å². The van der Waals surface area contributed by atoms with E-state index in [-0.39, 0.29) is 5.02 Å². The van der Waals surface area contributed by atoms with E-state index in [9.17, 15) is 4.39 Å². The van der Waals surface area contributed by atoms with E-state index in [0.29, 0.717) is 17.9 Å². The van der Waals surface area contributed by atoms with Crippen LogP contribution in [0.25, 0.3) is 10.9 Å². The molecule has 0 bridgehead atoms. The highest BCUT2D eigenvalue weighted by Crippen LogP contribution is 2.27. The molecule has 0 spiro atoms. The molecule has 0 fully saturated rings. The van der Waals surface area contributed by atoms with Crippen molar-refractivity contribution in [1.82, 2.24) is 4.98 Å². The Kier molecular flexibility index (Phi) is 3.62. The SMILES string of the molecule is Nc1cc(F)c(Cl)cc1NCc1cccc2cccnc12. The van der Waals surface area contributed by atoms with Gasteiger partial charge in [-0.05, 0) is 17.7 Å². The number of nitrogens with two attached hydrogens (primary N) is 1. The number of pyridine rings is 1. The quantitative estimate of drug-likeness (QED) is 0.712. The van der Waals surface area contributed by atoms with Gasteiger partial charge in [0.1, 0.15) is 5.82 Å². The summed E-state index contributed by atoms with van der Waals surface area (Å²) in [7, 11) is 0. The van der Waals surface area contributed by atoms with E-state index in [1.807, 2.05) is 30.3 Å². The molecule has 0 aliphatic rings. The van der Waals surface area contributed by atoms with E-state index in [1.54, 1.807) is 6.20 Å². The van der Waals surface area contributed by atoms with E-state index in [0.717, 1.165) is 16.5 Å². The molecule has 1 aromatic heterocycles. The first-order valence-corrected chi connectivity index (χ1v) is 6.84. The summed E-state index contributed by atoms with van der Waals surface area (Å²) < 4.78 is 13.3. The Balaban J connectivity index is 1.89. The van der Waals surface area contributed by atoms with Crippen LogP contribution in [0.5, 0.6) is 0 Å².